The summed E-state index contributed by atoms with van der Waals surface area (Å²) in [5.41, 5.74) is 8.62. The molecule has 1 atom stereocenters. The standard InChI is InChI=1S/C20H23N5O/c1-13-11-17(18(21)26)24-19(23-13)20(2)8-4-10-25(20)12-14-5-3-6-16-15(14)7-9-22-16/h3,5-7,9,11,22H,4,8,10,12H2,1-2H3,(H2,21,26)/t20-/m0/s1. The number of benzene rings is 1. The van der Waals surface area contributed by atoms with E-state index in [-0.39, 0.29) is 11.2 Å². The van der Waals surface area contributed by atoms with E-state index in [1.807, 2.05) is 13.1 Å². The van der Waals surface area contributed by atoms with Crippen molar-refractivity contribution in [3.8, 4) is 0 Å². The number of nitrogens with one attached hydrogen (secondary N) is 1. The van der Waals surface area contributed by atoms with Gasteiger partial charge in [-0.1, -0.05) is 12.1 Å². The highest BCUT2D eigenvalue weighted by Gasteiger charge is 2.41. The van der Waals surface area contributed by atoms with Crippen LogP contribution in [0.4, 0.5) is 0 Å². The van der Waals surface area contributed by atoms with Gasteiger partial charge in [0, 0.05) is 29.3 Å². The van der Waals surface area contributed by atoms with E-state index in [2.05, 4.69) is 51.0 Å². The molecule has 0 bridgehead atoms. The average molecular weight is 349 g/mol. The fourth-order valence-electron chi connectivity index (χ4n) is 3.96. The first kappa shape index (κ1) is 16.7. The number of carbonyl (C=O) groups is 1. The van der Waals surface area contributed by atoms with Crippen LogP contribution in [-0.2, 0) is 12.1 Å². The van der Waals surface area contributed by atoms with Gasteiger partial charge in [-0.05, 0) is 57.0 Å². The number of fused-ring (bicyclic) bond motifs is 1. The van der Waals surface area contributed by atoms with E-state index in [4.69, 9.17) is 5.73 Å². The van der Waals surface area contributed by atoms with Crippen LogP contribution in [0.3, 0.4) is 0 Å². The summed E-state index contributed by atoms with van der Waals surface area (Å²) in [6, 6.07) is 10.1. The minimum absolute atomic E-state index is 0.285. The molecule has 6 nitrogen and oxygen atoms in total. The van der Waals surface area contributed by atoms with Crippen molar-refractivity contribution in [1.82, 2.24) is 19.9 Å². The summed E-state index contributed by atoms with van der Waals surface area (Å²) >= 11 is 0. The van der Waals surface area contributed by atoms with Gasteiger partial charge in [0.1, 0.15) is 11.5 Å². The Kier molecular flexibility index (Phi) is 4.00. The van der Waals surface area contributed by atoms with E-state index in [1.165, 1.54) is 10.9 Å². The molecule has 3 N–H and O–H groups in total. The predicted octanol–water partition coefficient (Wildman–Crippen LogP) is 2.88. The fourth-order valence-corrected chi connectivity index (χ4v) is 3.96. The summed E-state index contributed by atoms with van der Waals surface area (Å²) < 4.78 is 0. The van der Waals surface area contributed by atoms with Crippen molar-refractivity contribution in [1.29, 1.82) is 0 Å². The number of hydrogen-bond acceptors (Lipinski definition) is 4. The largest absolute Gasteiger partial charge is 0.364 e. The number of nitrogens with two attached hydrogens (primary N) is 1. The number of amides is 1. The molecule has 26 heavy (non-hydrogen) atoms. The number of hydrogen-bond donors (Lipinski definition) is 2. The van der Waals surface area contributed by atoms with Gasteiger partial charge in [0.15, 0.2) is 0 Å². The molecule has 0 spiro atoms. The van der Waals surface area contributed by atoms with Crippen LogP contribution in [0, 0.1) is 6.92 Å². The number of carbonyl (C=O) groups excluding carboxylic acids is 1. The topological polar surface area (TPSA) is 87.9 Å². The Hall–Kier alpha value is -2.73. The highest BCUT2D eigenvalue weighted by Crippen LogP contribution is 2.38. The molecule has 1 amide bonds. The third-order valence-electron chi connectivity index (χ3n) is 5.42. The number of aromatic nitrogens is 3. The Labute approximate surface area is 152 Å². The minimum atomic E-state index is -0.512. The van der Waals surface area contributed by atoms with E-state index in [0.29, 0.717) is 5.82 Å². The lowest BCUT2D eigenvalue weighted by molar-refractivity contribution is 0.0991. The minimum Gasteiger partial charge on any atom is -0.364 e. The second-order valence-corrected chi connectivity index (χ2v) is 7.24. The van der Waals surface area contributed by atoms with E-state index < -0.39 is 5.91 Å². The Bertz CT molecular complexity index is 979. The first-order chi connectivity index (χ1) is 12.5. The lowest BCUT2D eigenvalue weighted by atomic mass is 9.96. The molecule has 0 unspecified atom stereocenters. The summed E-state index contributed by atoms with van der Waals surface area (Å²) in [4.78, 5) is 26.5. The van der Waals surface area contributed by atoms with E-state index in [0.717, 1.165) is 37.1 Å². The SMILES string of the molecule is Cc1cc(C(N)=O)nc([C@]2(C)CCCN2Cc2cccc3[nH]ccc23)n1. The van der Waals surface area contributed by atoms with Crippen LogP contribution < -0.4 is 5.73 Å². The molecular weight excluding hydrogens is 326 g/mol. The lowest BCUT2D eigenvalue weighted by Gasteiger charge is -2.34. The van der Waals surface area contributed by atoms with Crippen molar-refractivity contribution in [2.75, 3.05) is 6.54 Å². The summed E-state index contributed by atoms with van der Waals surface area (Å²) in [5, 5.41) is 1.24. The molecule has 0 saturated carbocycles. The van der Waals surface area contributed by atoms with Crippen LogP contribution in [-0.4, -0.2) is 32.3 Å². The van der Waals surface area contributed by atoms with Crippen LogP contribution >= 0.6 is 0 Å². The monoisotopic (exact) mass is 349 g/mol. The molecule has 134 valence electrons. The van der Waals surface area contributed by atoms with Crippen LogP contribution in [0.5, 0.6) is 0 Å². The molecule has 1 saturated heterocycles. The Balaban J connectivity index is 1.71. The Morgan fingerprint density at radius 2 is 2.19 bits per heavy atom. The molecule has 3 aromatic rings. The smallest absolute Gasteiger partial charge is 0.267 e. The maximum atomic E-state index is 11.6. The van der Waals surface area contributed by atoms with Crippen LogP contribution in [0.25, 0.3) is 10.9 Å². The van der Waals surface area contributed by atoms with Crippen molar-refractivity contribution < 1.29 is 4.79 Å². The number of likely N-dealkylation sites (tertiary alicyclic amines) is 1. The van der Waals surface area contributed by atoms with E-state index in [1.54, 1.807) is 6.07 Å². The van der Waals surface area contributed by atoms with Gasteiger partial charge >= 0.3 is 0 Å². The van der Waals surface area contributed by atoms with Crippen LogP contribution in [0.2, 0.25) is 0 Å². The molecule has 1 aromatic carbocycles. The molecule has 0 radical (unpaired) electrons. The number of nitrogens with zero attached hydrogens (tertiary/aromatic N) is 3. The molecule has 3 heterocycles. The van der Waals surface area contributed by atoms with Gasteiger partial charge in [0.05, 0.1) is 5.54 Å². The maximum absolute atomic E-state index is 11.6. The van der Waals surface area contributed by atoms with Gasteiger partial charge in [-0.15, -0.1) is 0 Å². The Morgan fingerprint density at radius 1 is 1.35 bits per heavy atom. The molecule has 0 aliphatic carbocycles. The summed E-state index contributed by atoms with van der Waals surface area (Å²) in [6.45, 7) is 5.83. The van der Waals surface area contributed by atoms with Crippen molar-refractivity contribution in [3.63, 3.8) is 0 Å². The highest BCUT2D eigenvalue weighted by molar-refractivity contribution is 5.90. The van der Waals surface area contributed by atoms with Crippen molar-refractivity contribution in [3.05, 3.63) is 59.3 Å². The van der Waals surface area contributed by atoms with Crippen LogP contribution in [0.1, 0.15) is 47.3 Å². The zero-order valence-corrected chi connectivity index (χ0v) is 15.1. The van der Waals surface area contributed by atoms with Gasteiger partial charge in [0.25, 0.3) is 5.91 Å². The lowest BCUT2D eigenvalue weighted by Crippen LogP contribution is -2.40. The molecule has 1 aliphatic rings. The van der Waals surface area contributed by atoms with Gasteiger partial charge in [-0.25, -0.2) is 9.97 Å². The first-order valence-corrected chi connectivity index (χ1v) is 8.93. The molecule has 6 heteroatoms. The predicted molar refractivity (Wildman–Crippen MR) is 101 cm³/mol. The van der Waals surface area contributed by atoms with Crippen molar-refractivity contribution >= 4 is 16.8 Å². The van der Waals surface area contributed by atoms with Gasteiger partial charge in [-0.3, -0.25) is 9.69 Å². The summed E-state index contributed by atoms with van der Waals surface area (Å²) in [5.74, 6) is 0.173. The van der Waals surface area contributed by atoms with Crippen LogP contribution in [0.15, 0.2) is 36.5 Å². The molecule has 1 fully saturated rings. The second kappa shape index (κ2) is 6.21. The molecule has 4 rings (SSSR count). The molecular formula is C20H23N5O. The molecule has 1 aliphatic heterocycles. The number of aryl methyl sites for hydroxylation is 1. The van der Waals surface area contributed by atoms with Crippen molar-refractivity contribution in [2.24, 2.45) is 5.73 Å². The first-order valence-electron chi connectivity index (χ1n) is 8.93. The maximum Gasteiger partial charge on any atom is 0.267 e. The fraction of sp³-hybridized carbons (Fsp3) is 0.350. The number of H-pyrrole nitrogens is 1. The second-order valence-electron chi connectivity index (χ2n) is 7.24. The highest BCUT2D eigenvalue weighted by atomic mass is 16.1. The summed E-state index contributed by atoms with van der Waals surface area (Å²) in [6.07, 6.45) is 4.00. The van der Waals surface area contributed by atoms with Gasteiger partial charge < -0.3 is 10.7 Å². The van der Waals surface area contributed by atoms with E-state index in [9.17, 15) is 4.79 Å². The zero-order chi connectivity index (χ0) is 18.3. The number of rotatable bonds is 4. The van der Waals surface area contributed by atoms with Crippen molar-refractivity contribution in [2.45, 2.75) is 38.8 Å². The normalized spacial score (nSPS) is 20.7. The molecule has 2 aromatic heterocycles. The summed E-state index contributed by atoms with van der Waals surface area (Å²) in [7, 11) is 0. The van der Waals surface area contributed by atoms with Gasteiger partial charge in [-0.2, -0.15) is 0 Å². The third kappa shape index (κ3) is 2.76. The van der Waals surface area contributed by atoms with E-state index >= 15 is 0 Å². The number of aromatic amines is 1. The van der Waals surface area contributed by atoms with Gasteiger partial charge in [0.2, 0.25) is 0 Å². The zero-order valence-electron chi connectivity index (χ0n) is 15.1. The number of primary amides is 1. The average Bonchev–Trinajstić information content (AvgIpc) is 3.23. The quantitative estimate of drug-likeness (QED) is 0.758. The third-order valence-corrected chi connectivity index (χ3v) is 5.42. The Morgan fingerprint density at radius 3 is 3.00 bits per heavy atom.